The van der Waals surface area contributed by atoms with Crippen molar-refractivity contribution < 1.29 is 9.53 Å². The summed E-state index contributed by atoms with van der Waals surface area (Å²) in [5.41, 5.74) is 0.421. The van der Waals surface area contributed by atoms with E-state index in [1.54, 1.807) is 0 Å². The van der Waals surface area contributed by atoms with Crippen molar-refractivity contribution in [2.24, 2.45) is 0 Å². The molecule has 0 radical (unpaired) electrons. The molecule has 0 N–H and O–H groups in total. The normalized spacial score (nSPS) is 23.4. The Bertz CT molecular complexity index is 452. The van der Waals surface area contributed by atoms with Gasteiger partial charge in [-0.15, -0.1) is 10.2 Å². The third-order valence-electron chi connectivity index (χ3n) is 3.01. The molecule has 6 heteroatoms. The van der Waals surface area contributed by atoms with Crippen LogP contribution in [0.5, 0.6) is 5.88 Å². The zero-order chi connectivity index (χ0) is 11.1. The van der Waals surface area contributed by atoms with E-state index in [9.17, 15) is 4.79 Å². The van der Waals surface area contributed by atoms with Gasteiger partial charge >= 0.3 is 0 Å². The zero-order valence-corrected chi connectivity index (χ0v) is 9.28. The van der Waals surface area contributed by atoms with Gasteiger partial charge in [-0.1, -0.05) is 11.6 Å². The van der Waals surface area contributed by atoms with Gasteiger partial charge < -0.3 is 9.64 Å². The van der Waals surface area contributed by atoms with E-state index in [0.717, 1.165) is 19.4 Å². The second-order valence-electron chi connectivity index (χ2n) is 3.99. The molecule has 1 aromatic heterocycles. The fourth-order valence-corrected chi connectivity index (χ4v) is 2.37. The van der Waals surface area contributed by atoms with E-state index in [4.69, 9.17) is 16.3 Å². The smallest absolute Gasteiger partial charge is 0.259 e. The van der Waals surface area contributed by atoms with Gasteiger partial charge in [-0.3, -0.25) is 4.79 Å². The molecule has 3 heterocycles. The Kier molecular flexibility index (Phi) is 2.21. The second kappa shape index (κ2) is 3.59. The first-order valence-electron chi connectivity index (χ1n) is 5.22. The van der Waals surface area contributed by atoms with Crippen LogP contribution < -0.4 is 4.74 Å². The first kappa shape index (κ1) is 9.84. The van der Waals surface area contributed by atoms with Gasteiger partial charge in [0.05, 0.1) is 6.04 Å². The minimum atomic E-state index is -0.0493. The van der Waals surface area contributed by atoms with Crippen LogP contribution in [0.1, 0.15) is 23.2 Å². The summed E-state index contributed by atoms with van der Waals surface area (Å²) in [5.74, 6) is 0.246. The fourth-order valence-electron chi connectivity index (χ4n) is 2.22. The molecule has 0 aromatic carbocycles. The minimum absolute atomic E-state index is 0.0493. The quantitative estimate of drug-likeness (QED) is 0.681. The van der Waals surface area contributed by atoms with E-state index in [-0.39, 0.29) is 17.1 Å². The number of rotatable bonds is 0. The first-order valence-corrected chi connectivity index (χ1v) is 5.60. The lowest BCUT2D eigenvalue weighted by molar-refractivity contribution is 0.0726. The molecule has 0 aliphatic carbocycles. The summed E-state index contributed by atoms with van der Waals surface area (Å²) >= 11 is 5.74. The molecule has 84 valence electrons. The van der Waals surface area contributed by atoms with Crippen molar-refractivity contribution in [1.82, 2.24) is 15.1 Å². The Morgan fingerprint density at radius 1 is 1.50 bits per heavy atom. The van der Waals surface area contributed by atoms with Crippen LogP contribution in [0.15, 0.2) is 6.07 Å². The van der Waals surface area contributed by atoms with Gasteiger partial charge in [0, 0.05) is 6.54 Å². The van der Waals surface area contributed by atoms with Crippen molar-refractivity contribution in [2.75, 3.05) is 13.2 Å². The molecule has 3 rings (SSSR count). The van der Waals surface area contributed by atoms with Gasteiger partial charge in [0.15, 0.2) is 5.15 Å². The van der Waals surface area contributed by atoms with E-state index >= 15 is 0 Å². The van der Waals surface area contributed by atoms with Crippen LogP contribution in [0.4, 0.5) is 0 Å². The van der Waals surface area contributed by atoms with Crippen LogP contribution in [-0.4, -0.2) is 40.2 Å². The highest BCUT2D eigenvalue weighted by Crippen LogP contribution is 2.28. The van der Waals surface area contributed by atoms with E-state index in [0.29, 0.717) is 18.1 Å². The molecular weight excluding hydrogens is 230 g/mol. The predicted molar refractivity (Wildman–Crippen MR) is 56.6 cm³/mol. The molecule has 1 fully saturated rings. The number of amides is 1. The van der Waals surface area contributed by atoms with Crippen molar-refractivity contribution >= 4 is 17.5 Å². The van der Waals surface area contributed by atoms with E-state index in [1.807, 2.05) is 4.90 Å². The monoisotopic (exact) mass is 239 g/mol. The third kappa shape index (κ3) is 1.43. The van der Waals surface area contributed by atoms with Crippen molar-refractivity contribution in [2.45, 2.75) is 18.9 Å². The molecule has 2 aliphatic rings. The molecule has 1 saturated heterocycles. The largest absolute Gasteiger partial charge is 0.474 e. The van der Waals surface area contributed by atoms with Gasteiger partial charge in [0.2, 0.25) is 5.88 Å². The third-order valence-corrected chi connectivity index (χ3v) is 3.20. The maximum atomic E-state index is 12.2. The molecule has 1 atom stereocenters. The van der Waals surface area contributed by atoms with Crippen molar-refractivity contribution in [3.05, 3.63) is 16.8 Å². The van der Waals surface area contributed by atoms with Gasteiger partial charge in [0.25, 0.3) is 5.91 Å². The number of hydrogen-bond donors (Lipinski definition) is 0. The van der Waals surface area contributed by atoms with Crippen LogP contribution in [0.2, 0.25) is 5.15 Å². The van der Waals surface area contributed by atoms with Crippen molar-refractivity contribution in [3.8, 4) is 5.88 Å². The fraction of sp³-hybridized carbons (Fsp3) is 0.500. The number of fused-ring (bicyclic) bond motifs is 2. The Morgan fingerprint density at radius 2 is 2.38 bits per heavy atom. The van der Waals surface area contributed by atoms with E-state index in [1.165, 1.54) is 6.07 Å². The summed E-state index contributed by atoms with van der Waals surface area (Å²) in [6, 6.07) is 1.69. The first-order chi connectivity index (χ1) is 7.75. The maximum absolute atomic E-state index is 12.2. The molecule has 2 aliphatic heterocycles. The van der Waals surface area contributed by atoms with Crippen LogP contribution in [0.25, 0.3) is 0 Å². The van der Waals surface area contributed by atoms with Gasteiger partial charge in [-0.05, 0) is 18.9 Å². The molecule has 1 aromatic rings. The maximum Gasteiger partial charge on any atom is 0.259 e. The lowest BCUT2D eigenvalue weighted by Crippen LogP contribution is -2.36. The summed E-state index contributed by atoms with van der Waals surface area (Å²) in [4.78, 5) is 14.0. The summed E-state index contributed by atoms with van der Waals surface area (Å²) in [5, 5.41) is 7.70. The second-order valence-corrected chi connectivity index (χ2v) is 4.38. The Balaban J connectivity index is 2.06. The standard InChI is InChI=1S/C10H10ClN3O2/c11-8-4-7-9(13-12-8)16-5-6-2-1-3-14(6)10(7)15/h4,6H,1-3,5H2/t6-/m0/s1. The van der Waals surface area contributed by atoms with Gasteiger partial charge in [-0.2, -0.15) is 0 Å². The van der Waals surface area contributed by atoms with Crippen LogP contribution in [0.3, 0.4) is 0 Å². The SMILES string of the molecule is O=C1c2cc(Cl)nnc2OC[C@@H]2CCCN12. The molecule has 0 spiro atoms. The summed E-state index contributed by atoms with van der Waals surface area (Å²) in [7, 11) is 0. The number of halogens is 1. The number of nitrogens with zero attached hydrogens (tertiary/aromatic N) is 3. The van der Waals surface area contributed by atoms with Crippen molar-refractivity contribution in [1.29, 1.82) is 0 Å². The Hall–Kier alpha value is -1.36. The highest BCUT2D eigenvalue weighted by atomic mass is 35.5. The van der Waals surface area contributed by atoms with Gasteiger partial charge in [-0.25, -0.2) is 0 Å². The molecule has 1 amide bonds. The zero-order valence-electron chi connectivity index (χ0n) is 8.52. The van der Waals surface area contributed by atoms with Crippen LogP contribution in [0, 0.1) is 0 Å². The lowest BCUT2D eigenvalue weighted by atomic mass is 10.2. The summed E-state index contributed by atoms with van der Waals surface area (Å²) in [6.45, 7) is 1.28. The van der Waals surface area contributed by atoms with E-state index < -0.39 is 0 Å². The van der Waals surface area contributed by atoms with Crippen LogP contribution in [-0.2, 0) is 0 Å². The highest BCUT2D eigenvalue weighted by molar-refractivity contribution is 6.29. The van der Waals surface area contributed by atoms with E-state index in [2.05, 4.69) is 10.2 Å². The highest BCUT2D eigenvalue weighted by Gasteiger charge is 2.35. The Labute approximate surface area is 97.4 Å². The summed E-state index contributed by atoms with van der Waals surface area (Å²) in [6.07, 6.45) is 2.02. The predicted octanol–water partition coefficient (Wildman–Crippen LogP) is 1.13. The molecule has 0 bridgehead atoms. The number of carbonyl (C=O) groups excluding carboxylic acids is 1. The lowest BCUT2D eigenvalue weighted by Gasteiger charge is -2.20. The number of hydrogen-bond acceptors (Lipinski definition) is 4. The minimum Gasteiger partial charge on any atom is -0.474 e. The molecule has 16 heavy (non-hydrogen) atoms. The topological polar surface area (TPSA) is 55.3 Å². The molecule has 0 saturated carbocycles. The Morgan fingerprint density at radius 3 is 3.25 bits per heavy atom. The molecular formula is C10H10ClN3O2. The summed E-state index contributed by atoms with van der Waals surface area (Å²) < 4.78 is 5.49. The molecule has 0 unspecified atom stereocenters. The average Bonchev–Trinajstić information content (AvgIpc) is 2.70. The van der Waals surface area contributed by atoms with Crippen LogP contribution >= 0.6 is 11.6 Å². The van der Waals surface area contributed by atoms with Gasteiger partial charge in [0.1, 0.15) is 12.2 Å². The number of aromatic nitrogens is 2. The van der Waals surface area contributed by atoms with Crippen molar-refractivity contribution in [3.63, 3.8) is 0 Å². The molecule has 5 nitrogen and oxygen atoms in total. The number of ether oxygens (including phenoxy) is 1. The number of carbonyl (C=O) groups is 1. The average molecular weight is 240 g/mol.